The van der Waals surface area contributed by atoms with E-state index in [-0.39, 0.29) is 5.41 Å². The maximum atomic E-state index is 6.27. The summed E-state index contributed by atoms with van der Waals surface area (Å²) >= 11 is 0. The van der Waals surface area contributed by atoms with Crippen LogP contribution in [-0.2, 0) is 12.0 Å². The van der Waals surface area contributed by atoms with Gasteiger partial charge in [-0.1, -0.05) is 75.4 Å². The van der Waals surface area contributed by atoms with Crippen LogP contribution in [0, 0.1) is 0 Å². The van der Waals surface area contributed by atoms with Crippen LogP contribution in [0.25, 0.3) is 0 Å². The Bertz CT molecular complexity index is 1610. The number of pyridine rings is 1. The van der Waals surface area contributed by atoms with Gasteiger partial charge >= 0.3 is 0 Å². The Kier molecular flexibility index (Phi) is 6.87. The predicted molar refractivity (Wildman–Crippen MR) is 162 cm³/mol. The van der Waals surface area contributed by atoms with E-state index in [1.165, 1.54) is 22.5 Å². The highest BCUT2D eigenvalue weighted by atomic mass is 16.5. The fraction of sp³-hybridized carbons (Fsp3) is 0.171. The molecule has 4 aromatic carbocycles. The van der Waals surface area contributed by atoms with Crippen LogP contribution in [0.4, 0.5) is 17.1 Å². The fourth-order valence-corrected chi connectivity index (χ4v) is 4.98. The highest BCUT2D eigenvalue weighted by Gasteiger charge is 2.27. The molecule has 6 rings (SSSR count). The van der Waals surface area contributed by atoms with Crippen molar-refractivity contribution in [3.8, 4) is 23.1 Å². The first kappa shape index (κ1) is 25.5. The lowest BCUT2D eigenvalue weighted by Gasteiger charge is -2.24. The molecular weight excluding hydrogens is 494 g/mol. The van der Waals surface area contributed by atoms with Gasteiger partial charge in [0.1, 0.15) is 17.2 Å². The summed E-state index contributed by atoms with van der Waals surface area (Å²) in [5, 5.41) is 0. The van der Waals surface area contributed by atoms with Gasteiger partial charge < -0.3 is 19.3 Å². The number of ether oxygens (including phenoxy) is 2. The van der Waals surface area contributed by atoms with E-state index in [0.29, 0.717) is 17.4 Å². The van der Waals surface area contributed by atoms with E-state index in [1.54, 1.807) is 6.20 Å². The number of para-hydroxylation sites is 2. The van der Waals surface area contributed by atoms with Crippen molar-refractivity contribution in [3.63, 3.8) is 0 Å². The summed E-state index contributed by atoms with van der Waals surface area (Å²) in [6.07, 6.45) is 1.71. The molecule has 0 unspecified atom stereocenters. The van der Waals surface area contributed by atoms with Crippen LogP contribution in [-0.4, -0.2) is 11.7 Å². The van der Waals surface area contributed by atoms with Crippen LogP contribution in [0.2, 0.25) is 0 Å². The van der Waals surface area contributed by atoms with E-state index in [4.69, 9.17) is 9.47 Å². The Hall–Kier alpha value is -4.77. The summed E-state index contributed by atoms with van der Waals surface area (Å²) in [7, 11) is 0. The molecule has 0 spiro atoms. The van der Waals surface area contributed by atoms with Crippen molar-refractivity contribution in [2.24, 2.45) is 0 Å². The Balaban J connectivity index is 1.22. The van der Waals surface area contributed by atoms with E-state index in [0.717, 1.165) is 24.7 Å². The summed E-state index contributed by atoms with van der Waals surface area (Å²) in [5.74, 6) is 2.69. The van der Waals surface area contributed by atoms with Gasteiger partial charge in [-0.25, -0.2) is 4.98 Å². The third kappa shape index (κ3) is 5.64. The minimum Gasteiger partial charge on any atom is -0.457 e. The quantitative estimate of drug-likeness (QED) is 0.211. The van der Waals surface area contributed by atoms with Gasteiger partial charge in [0.05, 0.1) is 18.0 Å². The lowest BCUT2D eigenvalue weighted by atomic mass is 9.86. The number of nitrogens with zero attached hydrogens (tertiary/aromatic N) is 3. The minimum absolute atomic E-state index is 0.121. The molecule has 1 aliphatic rings. The molecule has 40 heavy (non-hydrogen) atoms. The second kappa shape index (κ2) is 10.8. The summed E-state index contributed by atoms with van der Waals surface area (Å²) < 4.78 is 12.2. The van der Waals surface area contributed by atoms with Crippen LogP contribution in [0.5, 0.6) is 23.1 Å². The molecule has 0 atom stereocenters. The zero-order chi connectivity index (χ0) is 27.5. The minimum atomic E-state index is 0.121. The molecule has 5 heteroatoms. The molecule has 200 valence electrons. The number of benzene rings is 4. The van der Waals surface area contributed by atoms with Gasteiger partial charge in [0.15, 0.2) is 0 Å². The van der Waals surface area contributed by atoms with Crippen molar-refractivity contribution < 1.29 is 9.47 Å². The molecule has 2 heterocycles. The second-order valence-electron chi connectivity index (χ2n) is 11.1. The average molecular weight is 528 g/mol. The maximum Gasteiger partial charge on any atom is 0.219 e. The first-order valence-corrected chi connectivity index (χ1v) is 13.6. The predicted octanol–water partition coefficient (Wildman–Crippen LogP) is 9.08. The highest BCUT2D eigenvalue weighted by molar-refractivity contribution is 5.82. The smallest absolute Gasteiger partial charge is 0.219 e. The number of anilines is 3. The Morgan fingerprint density at radius 1 is 0.675 bits per heavy atom. The van der Waals surface area contributed by atoms with Crippen LogP contribution in [0.15, 0.2) is 121 Å². The van der Waals surface area contributed by atoms with Crippen LogP contribution >= 0.6 is 0 Å². The number of hydrogen-bond acceptors (Lipinski definition) is 5. The standard InChI is InChI=1S/C35H33N3O2/c1-35(2,3)27-12-8-11-26(21-27)24-37-25-38(33-18-5-4-17-32(33)37)28-13-9-14-29(22-28)39-30-15-10-16-31(23-30)40-34-19-6-7-20-36-34/h4-23H,24-25H2,1-3H3. The van der Waals surface area contributed by atoms with Gasteiger partial charge in [-0.2, -0.15) is 0 Å². The van der Waals surface area contributed by atoms with Crippen molar-refractivity contribution in [3.05, 3.63) is 133 Å². The normalized spacial score (nSPS) is 12.8. The number of rotatable bonds is 7. The van der Waals surface area contributed by atoms with E-state index in [1.807, 2.05) is 54.6 Å². The van der Waals surface area contributed by atoms with Gasteiger partial charge in [0, 0.05) is 36.6 Å². The molecule has 1 aromatic heterocycles. The van der Waals surface area contributed by atoms with E-state index in [2.05, 4.69) is 96.2 Å². The lowest BCUT2D eigenvalue weighted by Crippen LogP contribution is -2.27. The van der Waals surface area contributed by atoms with Crippen molar-refractivity contribution in [1.29, 1.82) is 0 Å². The highest BCUT2D eigenvalue weighted by Crippen LogP contribution is 2.42. The summed E-state index contributed by atoms with van der Waals surface area (Å²) in [5.41, 5.74) is 6.29. The fourth-order valence-electron chi connectivity index (χ4n) is 4.98. The Morgan fingerprint density at radius 2 is 1.38 bits per heavy atom. The first-order chi connectivity index (χ1) is 19.4. The SMILES string of the molecule is CC(C)(C)c1cccc(CN2CN(c3cccc(Oc4cccc(Oc5ccccn5)c4)c3)c3ccccc32)c1. The van der Waals surface area contributed by atoms with Crippen molar-refractivity contribution >= 4 is 17.1 Å². The van der Waals surface area contributed by atoms with Gasteiger partial charge in [0.25, 0.3) is 0 Å². The first-order valence-electron chi connectivity index (χ1n) is 13.6. The molecule has 5 aromatic rings. The van der Waals surface area contributed by atoms with Gasteiger partial charge in [-0.3, -0.25) is 0 Å². The van der Waals surface area contributed by atoms with Gasteiger partial charge in [-0.15, -0.1) is 0 Å². The molecule has 0 fully saturated rings. The molecule has 0 radical (unpaired) electrons. The second-order valence-corrected chi connectivity index (χ2v) is 11.1. The molecule has 0 saturated heterocycles. The topological polar surface area (TPSA) is 37.8 Å². The largest absolute Gasteiger partial charge is 0.457 e. The zero-order valence-corrected chi connectivity index (χ0v) is 23.1. The van der Waals surface area contributed by atoms with Crippen LogP contribution in [0.3, 0.4) is 0 Å². The zero-order valence-electron chi connectivity index (χ0n) is 23.1. The number of hydrogen-bond donors (Lipinski definition) is 0. The third-order valence-electron chi connectivity index (χ3n) is 7.02. The van der Waals surface area contributed by atoms with Crippen LogP contribution in [0.1, 0.15) is 31.9 Å². The molecule has 0 N–H and O–H groups in total. The molecule has 1 aliphatic heterocycles. The number of fused-ring (bicyclic) bond motifs is 1. The molecule has 0 amide bonds. The lowest BCUT2D eigenvalue weighted by molar-refractivity contribution is 0.449. The summed E-state index contributed by atoms with van der Waals surface area (Å²) in [6, 6.07) is 39.0. The third-order valence-corrected chi connectivity index (χ3v) is 7.02. The van der Waals surface area contributed by atoms with Crippen molar-refractivity contribution in [2.75, 3.05) is 16.5 Å². The van der Waals surface area contributed by atoms with Crippen LogP contribution < -0.4 is 19.3 Å². The van der Waals surface area contributed by atoms with Crippen molar-refractivity contribution in [2.45, 2.75) is 32.7 Å². The molecule has 5 nitrogen and oxygen atoms in total. The Morgan fingerprint density at radius 3 is 2.15 bits per heavy atom. The maximum absolute atomic E-state index is 6.27. The molecule has 0 aliphatic carbocycles. The number of aromatic nitrogens is 1. The summed E-state index contributed by atoms with van der Waals surface area (Å²) in [4.78, 5) is 9.01. The Labute approximate surface area is 236 Å². The van der Waals surface area contributed by atoms with Crippen molar-refractivity contribution in [1.82, 2.24) is 4.98 Å². The van der Waals surface area contributed by atoms with Gasteiger partial charge in [0.2, 0.25) is 5.88 Å². The molecular formula is C35H33N3O2. The van der Waals surface area contributed by atoms with E-state index in [9.17, 15) is 0 Å². The average Bonchev–Trinajstić information content (AvgIpc) is 3.32. The summed E-state index contributed by atoms with van der Waals surface area (Å²) in [6.45, 7) is 8.39. The molecule has 0 saturated carbocycles. The van der Waals surface area contributed by atoms with E-state index < -0.39 is 0 Å². The van der Waals surface area contributed by atoms with Gasteiger partial charge in [-0.05, 0) is 59.0 Å². The monoisotopic (exact) mass is 527 g/mol. The van der Waals surface area contributed by atoms with E-state index >= 15 is 0 Å². The molecule has 0 bridgehead atoms.